The van der Waals surface area contributed by atoms with Gasteiger partial charge in [0.1, 0.15) is 4.75 Å². The van der Waals surface area contributed by atoms with Crippen LogP contribution in [0.5, 0.6) is 0 Å². The summed E-state index contributed by atoms with van der Waals surface area (Å²) in [4.78, 5) is 12.8. The van der Waals surface area contributed by atoms with Gasteiger partial charge in [-0.15, -0.1) is 11.8 Å². The number of nitrogens with zero attached hydrogens (tertiary/aromatic N) is 1. The predicted octanol–water partition coefficient (Wildman–Crippen LogP) is 3.22. The number of fused-ring (bicyclic) bond motifs is 1. The standard InChI is InChI=1S/C14H17NO2S/c1-14(2,13(16)17-4)18-12-9-15(3)11-8-6-5-7-10(11)12/h5-9H,1-4H3. The summed E-state index contributed by atoms with van der Waals surface area (Å²) in [5, 5.41) is 1.17. The Labute approximate surface area is 111 Å². The second kappa shape index (κ2) is 4.69. The van der Waals surface area contributed by atoms with Gasteiger partial charge in [-0.3, -0.25) is 4.79 Å². The van der Waals surface area contributed by atoms with E-state index in [-0.39, 0.29) is 5.97 Å². The molecule has 0 bridgehead atoms. The summed E-state index contributed by atoms with van der Waals surface area (Å²) < 4.78 is 6.33. The molecule has 0 aliphatic rings. The number of carbonyl (C=O) groups excluding carboxylic acids is 1. The third kappa shape index (κ3) is 2.25. The predicted molar refractivity (Wildman–Crippen MR) is 74.9 cm³/mol. The number of para-hydroxylation sites is 1. The zero-order valence-electron chi connectivity index (χ0n) is 11.1. The number of thioether (sulfide) groups is 1. The van der Waals surface area contributed by atoms with E-state index in [4.69, 9.17) is 4.74 Å². The van der Waals surface area contributed by atoms with Crippen molar-refractivity contribution in [1.29, 1.82) is 0 Å². The lowest BCUT2D eigenvalue weighted by Crippen LogP contribution is -2.28. The maximum Gasteiger partial charge on any atom is 0.321 e. The van der Waals surface area contributed by atoms with Crippen LogP contribution in [0.1, 0.15) is 13.8 Å². The summed E-state index contributed by atoms with van der Waals surface area (Å²) in [6, 6.07) is 8.18. The smallest absolute Gasteiger partial charge is 0.321 e. The first-order valence-electron chi connectivity index (χ1n) is 5.77. The molecule has 0 N–H and O–H groups in total. The van der Waals surface area contributed by atoms with Gasteiger partial charge in [-0.05, 0) is 19.9 Å². The van der Waals surface area contributed by atoms with E-state index < -0.39 is 4.75 Å². The van der Waals surface area contributed by atoms with E-state index in [1.165, 1.54) is 29.8 Å². The quantitative estimate of drug-likeness (QED) is 0.629. The zero-order valence-corrected chi connectivity index (χ0v) is 11.9. The number of hydrogen-bond acceptors (Lipinski definition) is 3. The van der Waals surface area contributed by atoms with E-state index in [2.05, 4.69) is 22.9 Å². The molecule has 4 heteroatoms. The van der Waals surface area contributed by atoms with Crippen LogP contribution in [0.15, 0.2) is 35.4 Å². The molecule has 0 saturated heterocycles. The monoisotopic (exact) mass is 263 g/mol. The SMILES string of the molecule is COC(=O)C(C)(C)Sc1cn(C)c2ccccc12. The summed E-state index contributed by atoms with van der Waals surface area (Å²) >= 11 is 1.53. The maximum atomic E-state index is 11.7. The minimum absolute atomic E-state index is 0.208. The van der Waals surface area contributed by atoms with Crippen LogP contribution >= 0.6 is 11.8 Å². The molecular formula is C14H17NO2S. The highest BCUT2D eigenvalue weighted by molar-refractivity contribution is 8.01. The second-order valence-corrected chi connectivity index (χ2v) is 6.39. The van der Waals surface area contributed by atoms with Gasteiger partial charge in [0.25, 0.3) is 0 Å². The molecule has 0 saturated carbocycles. The van der Waals surface area contributed by atoms with Gasteiger partial charge in [-0.1, -0.05) is 18.2 Å². The van der Waals surface area contributed by atoms with Crippen LogP contribution in [-0.4, -0.2) is 22.4 Å². The van der Waals surface area contributed by atoms with Crippen LogP contribution < -0.4 is 0 Å². The molecule has 3 nitrogen and oxygen atoms in total. The molecule has 1 aromatic carbocycles. The Morgan fingerprint density at radius 2 is 2.00 bits per heavy atom. The first-order chi connectivity index (χ1) is 8.45. The molecule has 0 radical (unpaired) electrons. The number of methoxy groups -OCH3 is 1. The molecule has 1 heterocycles. The maximum absolute atomic E-state index is 11.7. The molecule has 0 spiro atoms. The summed E-state index contributed by atoms with van der Waals surface area (Å²) in [7, 11) is 3.44. The van der Waals surface area contributed by atoms with Crippen LogP contribution in [0.2, 0.25) is 0 Å². The molecule has 0 aliphatic carbocycles. The minimum Gasteiger partial charge on any atom is -0.468 e. The van der Waals surface area contributed by atoms with E-state index in [9.17, 15) is 4.79 Å². The van der Waals surface area contributed by atoms with Crippen LogP contribution in [0.25, 0.3) is 10.9 Å². The van der Waals surface area contributed by atoms with E-state index >= 15 is 0 Å². The number of aromatic nitrogens is 1. The van der Waals surface area contributed by atoms with Crippen LogP contribution in [0, 0.1) is 0 Å². The van der Waals surface area contributed by atoms with E-state index in [0.29, 0.717) is 0 Å². The highest BCUT2D eigenvalue weighted by atomic mass is 32.2. The third-order valence-electron chi connectivity index (χ3n) is 2.90. The number of carbonyl (C=O) groups is 1. The van der Waals surface area contributed by atoms with Crippen molar-refractivity contribution in [2.45, 2.75) is 23.5 Å². The fourth-order valence-electron chi connectivity index (χ4n) is 1.95. The van der Waals surface area contributed by atoms with Gasteiger partial charge in [0.2, 0.25) is 0 Å². The lowest BCUT2D eigenvalue weighted by atomic mass is 10.2. The first kappa shape index (κ1) is 13.0. The van der Waals surface area contributed by atoms with Crippen LogP contribution in [0.4, 0.5) is 0 Å². The molecule has 1 aromatic heterocycles. The Kier molecular flexibility index (Phi) is 3.39. The van der Waals surface area contributed by atoms with Crippen LogP contribution in [-0.2, 0) is 16.6 Å². The molecule has 0 aliphatic heterocycles. The minimum atomic E-state index is -0.584. The fraction of sp³-hybridized carbons (Fsp3) is 0.357. The highest BCUT2D eigenvalue weighted by Gasteiger charge is 2.31. The lowest BCUT2D eigenvalue weighted by Gasteiger charge is -2.20. The summed E-state index contributed by atoms with van der Waals surface area (Å²) in [6.45, 7) is 3.76. The summed E-state index contributed by atoms with van der Waals surface area (Å²) in [6.07, 6.45) is 2.06. The molecule has 18 heavy (non-hydrogen) atoms. The van der Waals surface area contributed by atoms with Crippen LogP contribution in [0.3, 0.4) is 0 Å². The summed E-state index contributed by atoms with van der Waals surface area (Å²) in [5.74, 6) is -0.208. The van der Waals surface area contributed by atoms with Gasteiger partial charge >= 0.3 is 5.97 Å². The van der Waals surface area contributed by atoms with E-state index in [1.807, 2.05) is 33.0 Å². The molecule has 0 atom stereocenters. The Morgan fingerprint density at radius 3 is 2.67 bits per heavy atom. The average molecular weight is 263 g/mol. The highest BCUT2D eigenvalue weighted by Crippen LogP contribution is 2.38. The van der Waals surface area contributed by atoms with Gasteiger partial charge in [0, 0.05) is 29.0 Å². The first-order valence-corrected chi connectivity index (χ1v) is 6.59. The van der Waals surface area contributed by atoms with Gasteiger partial charge in [0.05, 0.1) is 7.11 Å². The normalized spacial score (nSPS) is 11.8. The van der Waals surface area contributed by atoms with Crippen molar-refractivity contribution in [3.63, 3.8) is 0 Å². The lowest BCUT2D eigenvalue weighted by molar-refractivity contribution is -0.142. The molecule has 0 unspecified atom stereocenters. The molecule has 96 valence electrons. The van der Waals surface area contributed by atoms with Crippen molar-refractivity contribution in [2.75, 3.05) is 7.11 Å². The van der Waals surface area contributed by atoms with Gasteiger partial charge in [-0.25, -0.2) is 0 Å². The number of rotatable bonds is 3. The topological polar surface area (TPSA) is 31.2 Å². The van der Waals surface area contributed by atoms with Gasteiger partial charge in [0.15, 0.2) is 0 Å². The second-order valence-electron chi connectivity index (χ2n) is 4.73. The van der Waals surface area contributed by atoms with E-state index in [0.717, 1.165) is 4.90 Å². The van der Waals surface area contributed by atoms with Gasteiger partial charge < -0.3 is 9.30 Å². The van der Waals surface area contributed by atoms with Crippen molar-refractivity contribution >= 4 is 28.6 Å². The molecule has 0 amide bonds. The average Bonchev–Trinajstić information content (AvgIpc) is 2.65. The van der Waals surface area contributed by atoms with Gasteiger partial charge in [-0.2, -0.15) is 0 Å². The number of hydrogen-bond donors (Lipinski definition) is 0. The van der Waals surface area contributed by atoms with Crippen molar-refractivity contribution in [1.82, 2.24) is 4.57 Å². The number of esters is 1. The number of aryl methyl sites for hydroxylation is 1. The number of benzene rings is 1. The molecular weight excluding hydrogens is 246 g/mol. The van der Waals surface area contributed by atoms with Crippen molar-refractivity contribution in [3.05, 3.63) is 30.5 Å². The Bertz CT molecular complexity index is 586. The van der Waals surface area contributed by atoms with Crippen molar-refractivity contribution in [3.8, 4) is 0 Å². The summed E-state index contributed by atoms with van der Waals surface area (Å²) in [5.41, 5.74) is 1.17. The largest absolute Gasteiger partial charge is 0.468 e. The number of ether oxygens (including phenoxy) is 1. The Hall–Kier alpha value is -1.42. The van der Waals surface area contributed by atoms with Crippen molar-refractivity contribution < 1.29 is 9.53 Å². The fourth-order valence-corrected chi connectivity index (χ4v) is 3.16. The molecule has 0 fully saturated rings. The Morgan fingerprint density at radius 1 is 1.33 bits per heavy atom. The van der Waals surface area contributed by atoms with Crippen molar-refractivity contribution in [2.24, 2.45) is 7.05 Å². The third-order valence-corrected chi connectivity index (χ3v) is 4.12. The Balaban J connectivity index is 2.41. The molecule has 2 rings (SSSR count). The molecule has 2 aromatic rings. The van der Waals surface area contributed by atoms with E-state index in [1.54, 1.807) is 0 Å². The zero-order chi connectivity index (χ0) is 13.3.